The van der Waals surface area contributed by atoms with E-state index in [4.69, 9.17) is 14.3 Å². The van der Waals surface area contributed by atoms with Gasteiger partial charge in [-0.2, -0.15) is 5.48 Å². The summed E-state index contributed by atoms with van der Waals surface area (Å²) < 4.78 is 11.1. The van der Waals surface area contributed by atoms with Gasteiger partial charge in [-0.3, -0.25) is 15.5 Å². The highest BCUT2D eigenvalue weighted by Gasteiger charge is 2.40. The zero-order chi connectivity index (χ0) is 19.6. The zero-order valence-electron chi connectivity index (χ0n) is 17.1. The van der Waals surface area contributed by atoms with E-state index < -0.39 is 0 Å². The van der Waals surface area contributed by atoms with Gasteiger partial charge in [0.15, 0.2) is 0 Å². The monoisotopic (exact) mass is 409 g/mol. The molecule has 4 N–H and O–H groups in total. The summed E-state index contributed by atoms with van der Waals surface area (Å²) in [6.45, 7) is 4.08. The number of likely N-dealkylation sites (tertiary alicyclic amines) is 1. The molecule has 9 nitrogen and oxygen atoms in total. The molecule has 0 spiro atoms. The van der Waals surface area contributed by atoms with E-state index in [1.807, 2.05) is 4.90 Å². The Bertz CT molecular complexity index is 563. The number of amides is 1. The SMILES string of the molecule is O=C(OC1CCC1)N1CCC(C2NOC(C3CC(C4CCOC4)NCN3)N2)CC1. The van der Waals surface area contributed by atoms with Gasteiger partial charge in [0.1, 0.15) is 12.3 Å². The Morgan fingerprint density at radius 3 is 2.55 bits per heavy atom. The first-order valence-corrected chi connectivity index (χ1v) is 11.4. The number of rotatable bonds is 4. The lowest BCUT2D eigenvalue weighted by molar-refractivity contribution is -0.0148. The lowest BCUT2D eigenvalue weighted by Crippen LogP contribution is -2.59. The average molecular weight is 410 g/mol. The molecule has 164 valence electrons. The lowest BCUT2D eigenvalue weighted by Gasteiger charge is -2.37. The van der Waals surface area contributed by atoms with Gasteiger partial charge in [0.05, 0.1) is 18.8 Å². The van der Waals surface area contributed by atoms with Crippen molar-refractivity contribution < 1.29 is 19.1 Å². The fourth-order valence-corrected chi connectivity index (χ4v) is 5.16. The summed E-state index contributed by atoms with van der Waals surface area (Å²) in [5.74, 6) is 1.06. The normalized spacial score (nSPS) is 39.4. The van der Waals surface area contributed by atoms with Crippen molar-refractivity contribution in [1.29, 1.82) is 0 Å². The van der Waals surface area contributed by atoms with E-state index in [0.29, 0.717) is 17.9 Å². The molecule has 0 aromatic carbocycles. The van der Waals surface area contributed by atoms with E-state index in [1.54, 1.807) is 0 Å². The fourth-order valence-electron chi connectivity index (χ4n) is 5.16. The number of hydrogen-bond donors (Lipinski definition) is 4. The molecule has 0 radical (unpaired) electrons. The molecule has 9 heteroatoms. The number of nitrogens with zero attached hydrogens (tertiary/aromatic N) is 1. The van der Waals surface area contributed by atoms with Gasteiger partial charge in [0.2, 0.25) is 0 Å². The van der Waals surface area contributed by atoms with Crippen LogP contribution in [0.15, 0.2) is 0 Å². The maximum Gasteiger partial charge on any atom is 0.410 e. The molecule has 5 rings (SSSR count). The standard InChI is InChI=1S/C20H35N5O4/c26-20(28-15-2-1-3-15)25-7-4-13(5-8-25)18-23-19(29-24-18)17-10-16(21-12-22-17)14-6-9-27-11-14/h13-19,21-24H,1-12H2. The second-order valence-corrected chi connectivity index (χ2v) is 9.22. The smallest absolute Gasteiger partial charge is 0.410 e. The summed E-state index contributed by atoms with van der Waals surface area (Å²) in [5.41, 5.74) is 3.22. The Balaban J connectivity index is 1.07. The van der Waals surface area contributed by atoms with Crippen LogP contribution in [-0.2, 0) is 14.3 Å². The van der Waals surface area contributed by atoms with Crippen molar-refractivity contribution in [1.82, 2.24) is 26.3 Å². The van der Waals surface area contributed by atoms with E-state index in [1.165, 1.54) is 6.42 Å². The van der Waals surface area contributed by atoms with E-state index in [2.05, 4.69) is 21.4 Å². The summed E-state index contributed by atoms with van der Waals surface area (Å²) in [6, 6.07) is 0.759. The number of hydroxylamine groups is 1. The topological polar surface area (TPSA) is 96.1 Å². The van der Waals surface area contributed by atoms with Crippen LogP contribution in [0.2, 0.25) is 0 Å². The first kappa shape index (κ1) is 20.0. The maximum atomic E-state index is 12.3. The number of nitrogens with one attached hydrogen (secondary N) is 4. The highest BCUT2D eigenvalue weighted by molar-refractivity contribution is 5.68. The Morgan fingerprint density at radius 2 is 1.83 bits per heavy atom. The number of ether oxygens (including phenoxy) is 2. The molecule has 0 aromatic rings. The van der Waals surface area contributed by atoms with E-state index in [9.17, 15) is 4.79 Å². The Kier molecular flexibility index (Phi) is 6.22. The first-order valence-electron chi connectivity index (χ1n) is 11.4. The van der Waals surface area contributed by atoms with Gasteiger partial charge in [-0.1, -0.05) is 0 Å². The van der Waals surface area contributed by atoms with Crippen LogP contribution in [-0.4, -0.2) is 74.5 Å². The molecule has 29 heavy (non-hydrogen) atoms. The minimum absolute atomic E-state index is 0.0338. The first-order chi connectivity index (χ1) is 14.3. The molecular formula is C20H35N5O4. The molecule has 0 bridgehead atoms. The molecule has 4 heterocycles. The summed E-state index contributed by atoms with van der Waals surface area (Å²) in [6.07, 6.45) is 7.46. The number of piperidine rings is 1. The van der Waals surface area contributed by atoms with Gasteiger partial charge >= 0.3 is 6.09 Å². The van der Waals surface area contributed by atoms with E-state index in [-0.39, 0.29) is 30.6 Å². The second kappa shape index (κ2) is 9.03. The van der Waals surface area contributed by atoms with Gasteiger partial charge in [0.25, 0.3) is 0 Å². The molecule has 0 aromatic heterocycles. The molecule has 4 saturated heterocycles. The van der Waals surface area contributed by atoms with Gasteiger partial charge in [0, 0.05) is 32.4 Å². The van der Waals surface area contributed by atoms with E-state index >= 15 is 0 Å². The minimum Gasteiger partial charge on any atom is -0.446 e. The molecule has 5 aliphatic rings. The third kappa shape index (κ3) is 4.55. The largest absolute Gasteiger partial charge is 0.446 e. The highest BCUT2D eigenvalue weighted by atomic mass is 16.7. The van der Waals surface area contributed by atoms with Crippen LogP contribution < -0.4 is 21.4 Å². The van der Waals surface area contributed by atoms with Gasteiger partial charge < -0.3 is 19.7 Å². The predicted molar refractivity (Wildman–Crippen MR) is 106 cm³/mol. The summed E-state index contributed by atoms with van der Waals surface area (Å²) in [5, 5.41) is 10.8. The molecule has 1 aliphatic carbocycles. The predicted octanol–water partition coefficient (Wildman–Crippen LogP) is 0.478. The molecule has 5 fully saturated rings. The van der Waals surface area contributed by atoms with Crippen molar-refractivity contribution >= 4 is 6.09 Å². The maximum absolute atomic E-state index is 12.3. The summed E-state index contributed by atoms with van der Waals surface area (Å²) in [4.78, 5) is 20.0. The van der Waals surface area contributed by atoms with Crippen LogP contribution in [0.4, 0.5) is 4.79 Å². The molecule has 5 atom stereocenters. The third-order valence-corrected chi connectivity index (χ3v) is 7.39. The van der Waals surface area contributed by atoms with Crippen molar-refractivity contribution in [3.8, 4) is 0 Å². The molecule has 1 saturated carbocycles. The van der Waals surface area contributed by atoms with Crippen molar-refractivity contribution in [2.24, 2.45) is 11.8 Å². The van der Waals surface area contributed by atoms with Gasteiger partial charge in [-0.05, 0) is 56.8 Å². The number of carbonyl (C=O) groups is 1. The van der Waals surface area contributed by atoms with E-state index in [0.717, 1.165) is 71.5 Å². The van der Waals surface area contributed by atoms with Crippen LogP contribution in [0.1, 0.15) is 44.9 Å². The molecule has 1 amide bonds. The van der Waals surface area contributed by atoms with Crippen LogP contribution in [0, 0.1) is 11.8 Å². The quantitative estimate of drug-likeness (QED) is 0.533. The minimum atomic E-state index is -0.129. The third-order valence-electron chi connectivity index (χ3n) is 7.39. The van der Waals surface area contributed by atoms with Gasteiger partial charge in [-0.25, -0.2) is 4.79 Å². The van der Waals surface area contributed by atoms with Crippen LogP contribution in [0.3, 0.4) is 0 Å². The zero-order valence-corrected chi connectivity index (χ0v) is 17.1. The lowest BCUT2D eigenvalue weighted by atomic mass is 9.90. The molecular weight excluding hydrogens is 374 g/mol. The van der Waals surface area contributed by atoms with Crippen molar-refractivity contribution in [2.75, 3.05) is 33.0 Å². The van der Waals surface area contributed by atoms with Crippen LogP contribution in [0.5, 0.6) is 0 Å². The number of carbonyl (C=O) groups excluding carboxylic acids is 1. The second-order valence-electron chi connectivity index (χ2n) is 9.22. The Hall–Kier alpha value is -0.970. The molecule has 4 aliphatic heterocycles. The van der Waals surface area contributed by atoms with Crippen molar-refractivity contribution in [2.45, 2.75) is 75.5 Å². The summed E-state index contributed by atoms with van der Waals surface area (Å²) >= 11 is 0. The van der Waals surface area contributed by atoms with Crippen LogP contribution >= 0.6 is 0 Å². The number of hydrogen-bond acceptors (Lipinski definition) is 8. The van der Waals surface area contributed by atoms with Gasteiger partial charge in [-0.15, -0.1) is 0 Å². The summed E-state index contributed by atoms with van der Waals surface area (Å²) in [7, 11) is 0. The molecule has 5 unspecified atom stereocenters. The fraction of sp³-hybridized carbons (Fsp3) is 0.950. The van der Waals surface area contributed by atoms with Crippen LogP contribution in [0.25, 0.3) is 0 Å². The average Bonchev–Trinajstić information content (AvgIpc) is 3.43. The Labute approximate surface area is 172 Å². The highest BCUT2D eigenvalue weighted by Crippen LogP contribution is 2.27. The Morgan fingerprint density at radius 1 is 1.00 bits per heavy atom. The van der Waals surface area contributed by atoms with Crippen molar-refractivity contribution in [3.63, 3.8) is 0 Å². The van der Waals surface area contributed by atoms with Crippen molar-refractivity contribution in [3.05, 3.63) is 0 Å².